The first-order valence-electron chi connectivity index (χ1n) is 6.56. The van der Waals surface area contributed by atoms with Gasteiger partial charge in [-0.2, -0.15) is 0 Å². The molecule has 5 nitrogen and oxygen atoms in total. The zero-order valence-corrected chi connectivity index (χ0v) is 12.6. The second kappa shape index (κ2) is 7.20. The van der Waals surface area contributed by atoms with E-state index in [-0.39, 0.29) is 23.4 Å². The van der Waals surface area contributed by atoms with E-state index < -0.39 is 6.10 Å². The minimum atomic E-state index is -0.925. The van der Waals surface area contributed by atoms with Gasteiger partial charge in [-0.25, -0.2) is 9.37 Å². The molecule has 1 heterocycles. The third kappa shape index (κ3) is 4.16. The first-order chi connectivity index (χ1) is 10.5. The van der Waals surface area contributed by atoms with Crippen molar-refractivity contribution < 1.29 is 14.3 Å². The number of amides is 1. The standard InChI is InChI=1S/C15H15ClFN3O2/c1-18-14-7-10(6-13(16)20-14)15(22)19-8-12(21)9-2-4-11(17)5-3-9/h2-7,12,21H,8H2,1H3,(H,18,20)(H,19,22). The molecule has 0 spiro atoms. The van der Waals surface area contributed by atoms with Crippen LogP contribution in [-0.2, 0) is 0 Å². The molecule has 1 amide bonds. The number of aromatic nitrogens is 1. The van der Waals surface area contributed by atoms with E-state index in [4.69, 9.17) is 11.6 Å². The van der Waals surface area contributed by atoms with Crippen LogP contribution in [0.2, 0.25) is 5.15 Å². The summed E-state index contributed by atoms with van der Waals surface area (Å²) in [6.07, 6.45) is -0.925. The Morgan fingerprint density at radius 1 is 1.36 bits per heavy atom. The van der Waals surface area contributed by atoms with Gasteiger partial charge in [-0.3, -0.25) is 4.79 Å². The van der Waals surface area contributed by atoms with Crippen molar-refractivity contribution in [2.45, 2.75) is 6.10 Å². The molecule has 1 atom stereocenters. The van der Waals surface area contributed by atoms with Crippen molar-refractivity contribution in [2.24, 2.45) is 0 Å². The van der Waals surface area contributed by atoms with Gasteiger partial charge in [0.2, 0.25) is 0 Å². The monoisotopic (exact) mass is 323 g/mol. The lowest BCUT2D eigenvalue weighted by Crippen LogP contribution is -2.28. The van der Waals surface area contributed by atoms with Crippen molar-refractivity contribution in [1.29, 1.82) is 0 Å². The largest absolute Gasteiger partial charge is 0.387 e. The summed E-state index contributed by atoms with van der Waals surface area (Å²) in [6, 6.07) is 8.42. The summed E-state index contributed by atoms with van der Waals surface area (Å²) in [6.45, 7) is -0.000700. The van der Waals surface area contributed by atoms with Crippen molar-refractivity contribution in [2.75, 3.05) is 18.9 Å². The topological polar surface area (TPSA) is 74.2 Å². The average Bonchev–Trinajstić information content (AvgIpc) is 2.52. The summed E-state index contributed by atoms with van der Waals surface area (Å²) < 4.78 is 12.8. The summed E-state index contributed by atoms with van der Waals surface area (Å²) in [5, 5.41) is 15.6. The Kier molecular flexibility index (Phi) is 5.30. The van der Waals surface area contributed by atoms with Gasteiger partial charge in [-0.15, -0.1) is 0 Å². The van der Waals surface area contributed by atoms with Crippen molar-refractivity contribution in [3.8, 4) is 0 Å². The van der Waals surface area contributed by atoms with E-state index >= 15 is 0 Å². The molecule has 0 saturated carbocycles. The van der Waals surface area contributed by atoms with Gasteiger partial charge in [-0.05, 0) is 29.8 Å². The molecule has 1 aromatic heterocycles. The lowest BCUT2D eigenvalue weighted by atomic mass is 10.1. The molecule has 0 radical (unpaired) electrons. The fourth-order valence-corrected chi connectivity index (χ4v) is 2.06. The summed E-state index contributed by atoms with van der Waals surface area (Å²) in [5.74, 6) is -0.301. The molecule has 0 fully saturated rings. The van der Waals surface area contributed by atoms with E-state index in [9.17, 15) is 14.3 Å². The molecule has 0 bridgehead atoms. The molecule has 7 heteroatoms. The Morgan fingerprint density at radius 3 is 2.68 bits per heavy atom. The molecule has 3 N–H and O–H groups in total. The Hall–Kier alpha value is -2.18. The van der Waals surface area contributed by atoms with Gasteiger partial charge >= 0.3 is 0 Å². The molecular formula is C15H15ClFN3O2. The fraction of sp³-hybridized carbons (Fsp3) is 0.200. The highest BCUT2D eigenvalue weighted by Crippen LogP contribution is 2.15. The molecule has 0 saturated heterocycles. The maximum atomic E-state index is 12.8. The Bertz CT molecular complexity index is 664. The number of pyridine rings is 1. The molecule has 2 aromatic rings. The van der Waals surface area contributed by atoms with Gasteiger partial charge in [-0.1, -0.05) is 23.7 Å². The number of carbonyl (C=O) groups is 1. The van der Waals surface area contributed by atoms with Gasteiger partial charge in [0.15, 0.2) is 0 Å². The Labute approximate surface area is 132 Å². The van der Waals surface area contributed by atoms with Gasteiger partial charge < -0.3 is 15.7 Å². The van der Waals surface area contributed by atoms with Crippen LogP contribution >= 0.6 is 11.6 Å². The third-order valence-corrected chi connectivity index (χ3v) is 3.22. The minimum Gasteiger partial charge on any atom is -0.387 e. The number of aliphatic hydroxyl groups excluding tert-OH is 1. The van der Waals surface area contributed by atoms with Crippen LogP contribution in [-0.4, -0.2) is 29.6 Å². The summed E-state index contributed by atoms with van der Waals surface area (Å²) in [5.41, 5.74) is 0.848. The Morgan fingerprint density at radius 2 is 2.05 bits per heavy atom. The zero-order valence-electron chi connectivity index (χ0n) is 11.8. The van der Waals surface area contributed by atoms with Crippen LogP contribution in [0.3, 0.4) is 0 Å². The number of benzene rings is 1. The van der Waals surface area contributed by atoms with Gasteiger partial charge in [0, 0.05) is 19.2 Å². The second-order valence-electron chi connectivity index (χ2n) is 4.59. The number of nitrogens with one attached hydrogen (secondary N) is 2. The molecule has 22 heavy (non-hydrogen) atoms. The molecule has 1 unspecified atom stereocenters. The van der Waals surface area contributed by atoms with Crippen LogP contribution in [0.25, 0.3) is 0 Å². The quantitative estimate of drug-likeness (QED) is 0.739. The van der Waals surface area contributed by atoms with E-state index in [1.54, 1.807) is 13.1 Å². The molecule has 0 aliphatic heterocycles. The summed E-state index contributed by atoms with van der Waals surface area (Å²) in [7, 11) is 1.67. The summed E-state index contributed by atoms with van der Waals surface area (Å²) >= 11 is 5.83. The maximum Gasteiger partial charge on any atom is 0.251 e. The summed E-state index contributed by atoms with van der Waals surface area (Å²) in [4.78, 5) is 16.0. The minimum absolute atomic E-state index is 0.000700. The van der Waals surface area contributed by atoms with E-state index in [0.29, 0.717) is 16.9 Å². The predicted octanol–water partition coefficient (Wildman–Crippen LogP) is 2.38. The molecular weight excluding hydrogens is 309 g/mol. The first kappa shape index (κ1) is 16.2. The zero-order chi connectivity index (χ0) is 16.1. The van der Waals surface area contributed by atoms with Crippen LogP contribution in [0.15, 0.2) is 36.4 Å². The first-order valence-corrected chi connectivity index (χ1v) is 6.94. The van der Waals surface area contributed by atoms with Gasteiger partial charge in [0.1, 0.15) is 16.8 Å². The number of aliphatic hydroxyl groups is 1. The highest BCUT2D eigenvalue weighted by atomic mass is 35.5. The highest BCUT2D eigenvalue weighted by Gasteiger charge is 2.12. The van der Waals surface area contributed by atoms with Crippen molar-refractivity contribution in [3.63, 3.8) is 0 Å². The number of carbonyl (C=O) groups excluding carboxylic acids is 1. The SMILES string of the molecule is CNc1cc(C(=O)NCC(O)c2ccc(F)cc2)cc(Cl)n1. The number of rotatable bonds is 5. The van der Waals surface area contributed by atoms with Crippen LogP contribution in [0.5, 0.6) is 0 Å². The third-order valence-electron chi connectivity index (χ3n) is 3.02. The van der Waals surface area contributed by atoms with E-state index in [0.717, 1.165) is 0 Å². The second-order valence-corrected chi connectivity index (χ2v) is 4.98. The Balaban J connectivity index is 2.00. The molecule has 0 aliphatic rings. The van der Waals surface area contributed by atoms with Gasteiger partial charge in [0.25, 0.3) is 5.91 Å². The number of nitrogens with zero attached hydrogens (tertiary/aromatic N) is 1. The van der Waals surface area contributed by atoms with E-state index in [1.807, 2.05) is 0 Å². The fourth-order valence-electron chi connectivity index (χ4n) is 1.85. The van der Waals surface area contributed by atoms with Crippen molar-refractivity contribution >= 4 is 23.3 Å². The number of anilines is 1. The van der Waals surface area contributed by atoms with E-state index in [1.165, 1.54) is 30.3 Å². The number of hydrogen-bond donors (Lipinski definition) is 3. The van der Waals surface area contributed by atoms with Crippen LogP contribution in [0, 0.1) is 5.82 Å². The van der Waals surface area contributed by atoms with Crippen LogP contribution in [0.1, 0.15) is 22.0 Å². The molecule has 116 valence electrons. The van der Waals surface area contributed by atoms with Crippen molar-refractivity contribution in [1.82, 2.24) is 10.3 Å². The van der Waals surface area contributed by atoms with Crippen LogP contribution < -0.4 is 10.6 Å². The average molecular weight is 324 g/mol. The highest BCUT2D eigenvalue weighted by molar-refractivity contribution is 6.29. The van der Waals surface area contributed by atoms with Crippen molar-refractivity contribution in [3.05, 3.63) is 58.5 Å². The van der Waals surface area contributed by atoms with Crippen LogP contribution in [0.4, 0.5) is 10.2 Å². The lowest BCUT2D eigenvalue weighted by molar-refractivity contribution is 0.0916. The normalized spacial score (nSPS) is 11.8. The predicted molar refractivity (Wildman–Crippen MR) is 82.5 cm³/mol. The maximum absolute atomic E-state index is 12.8. The van der Waals surface area contributed by atoms with Gasteiger partial charge in [0.05, 0.1) is 6.10 Å². The molecule has 2 rings (SSSR count). The molecule has 1 aromatic carbocycles. The van der Waals surface area contributed by atoms with E-state index in [2.05, 4.69) is 15.6 Å². The smallest absolute Gasteiger partial charge is 0.251 e. The number of hydrogen-bond acceptors (Lipinski definition) is 4. The molecule has 0 aliphatic carbocycles. The lowest BCUT2D eigenvalue weighted by Gasteiger charge is -2.13. The number of halogens is 2.